The lowest BCUT2D eigenvalue weighted by Crippen LogP contribution is -2.38. The maximum absolute atomic E-state index is 14.3. The molecule has 2 aromatic heterocycles. The Morgan fingerprint density at radius 3 is 2.29 bits per heavy atom. The molecule has 5 rings (SSSR count). The van der Waals surface area contributed by atoms with Gasteiger partial charge >= 0.3 is 12.2 Å². The Hall–Kier alpha value is -4.46. The number of rotatable bonds is 9. The maximum atomic E-state index is 14.3. The Balaban J connectivity index is 1.62. The fourth-order valence-electron chi connectivity index (χ4n) is 5.48. The Kier molecular flexibility index (Phi) is 11.0. The van der Waals surface area contributed by atoms with Crippen molar-refractivity contribution >= 4 is 46.5 Å². The highest BCUT2D eigenvalue weighted by Gasteiger charge is 2.34. The molecule has 3 heterocycles. The van der Waals surface area contributed by atoms with Crippen molar-refractivity contribution in [2.24, 2.45) is 0 Å². The summed E-state index contributed by atoms with van der Waals surface area (Å²) >= 11 is 12.2. The summed E-state index contributed by atoms with van der Waals surface area (Å²) in [6.07, 6.45) is 0.985. The van der Waals surface area contributed by atoms with Crippen molar-refractivity contribution in [2.45, 2.75) is 38.9 Å². The summed E-state index contributed by atoms with van der Waals surface area (Å²) in [6.45, 7) is 4.20. The summed E-state index contributed by atoms with van der Waals surface area (Å²) in [7, 11) is 0. The molecule has 15 heteroatoms. The molecule has 1 aliphatic heterocycles. The molecule has 0 bridgehead atoms. The van der Waals surface area contributed by atoms with Crippen LogP contribution in [0, 0.1) is 0 Å². The number of aromatic nitrogens is 3. The number of carbonyl (C=O) groups is 2. The normalized spacial score (nSPS) is 13.6. The number of hydrogen-bond acceptors (Lipinski definition) is 6. The first-order valence-electron chi connectivity index (χ1n) is 15.3. The van der Waals surface area contributed by atoms with E-state index in [-0.39, 0.29) is 56.9 Å². The number of hydrogen-bond donors (Lipinski definition) is 3. The number of carbonyl (C=O) groups excluding carboxylic acids is 2. The van der Waals surface area contributed by atoms with Crippen LogP contribution in [0.1, 0.15) is 42.1 Å². The monoisotopic (exact) mass is 701 g/mol. The van der Waals surface area contributed by atoms with Gasteiger partial charge in [0, 0.05) is 43.2 Å². The van der Waals surface area contributed by atoms with Gasteiger partial charge in [0.05, 0.1) is 27.0 Å². The third-order valence-corrected chi connectivity index (χ3v) is 8.40. The molecule has 1 aliphatic rings. The van der Waals surface area contributed by atoms with Gasteiger partial charge in [-0.05, 0) is 62.2 Å². The third kappa shape index (κ3) is 8.15. The number of halogens is 5. The molecule has 1 saturated heterocycles. The zero-order chi connectivity index (χ0) is 34.4. The van der Waals surface area contributed by atoms with Gasteiger partial charge in [-0.25, -0.2) is 9.48 Å². The Morgan fingerprint density at radius 2 is 1.65 bits per heavy atom. The lowest BCUT2D eigenvalue weighted by Gasteiger charge is -2.26. The van der Waals surface area contributed by atoms with Crippen molar-refractivity contribution in [1.82, 2.24) is 25.0 Å². The van der Waals surface area contributed by atoms with E-state index in [2.05, 4.69) is 30.9 Å². The maximum Gasteiger partial charge on any atom is 0.416 e. The van der Waals surface area contributed by atoms with Crippen molar-refractivity contribution in [3.8, 4) is 22.4 Å². The minimum atomic E-state index is -4.78. The second-order valence-corrected chi connectivity index (χ2v) is 11.9. The molecule has 0 spiro atoms. The number of nitrogens with zero attached hydrogens (tertiary/aromatic N) is 4. The SMILES string of the molecule is CCn1nc(-c2c(C(=O)NCCN3CCCCC3)cc(C(F)(F)F)cc2-c2ccccc2)cc(NC(=O)Nc2c(Cl)cncc2Cl)c1=O. The number of anilines is 2. The van der Waals surface area contributed by atoms with E-state index in [9.17, 15) is 27.6 Å². The van der Waals surface area contributed by atoms with E-state index in [4.69, 9.17) is 23.2 Å². The predicted molar refractivity (Wildman–Crippen MR) is 180 cm³/mol. The van der Waals surface area contributed by atoms with Crippen LogP contribution < -0.4 is 21.5 Å². The van der Waals surface area contributed by atoms with Gasteiger partial charge in [-0.3, -0.25) is 14.6 Å². The summed E-state index contributed by atoms with van der Waals surface area (Å²) in [5, 5.41) is 12.3. The Labute approximate surface area is 284 Å². The van der Waals surface area contributed by atoms with Crippen molar-refractivity contribution in [2.75, 3.05) is 36.8 Å². The van der Waals surface area contributed by atoms with E-state index >= 15 is 0 Å². The van der Waals surface area contributed by atoms with Crippen LogP contribution >= 0.6 is 23.2 Å². The second-order valence-electron chi connectivity index (χ2n) is 11.1. The first-order valence-corrected chi connectivity index (χ1v) is 16.0. The van der Waals surface area contributed by atoms with Gasteiger partial charge in [-0.2, -0.15) is 18.3 Å². The van der Waals surface area contributed by atoms with E-state index in [1.165, 1.54) is 18.5 Å². The van der Waals surface area contributed by atoms with Gasteiger partial charge in [0.2, 0.25) is 0 Å². The molecule has 4 aromatic rings. The summed E-state index contributed by atoms with van der Waals surface area (Å²) < 4.78 is 43.9. The molecular weight excluding hydrogens is 670 g/mol. The van der Waals surface area contributed by atoms with Gasteiger partial charge in [-0.15, -0.1) is 0 Å². The molecule has 0 saturated carbocycles. The van der Waals surface area contributed by atoms with Crippen molar-refractivity contribution < 1.29 is 22.8 Å². The van der Waals surface area contributed by atoms with E-state index in [1.54, 1.807) is 37.3 Å². The molecule has 0 unspecified atom stereocenters. The third-order valence-electron chi connectivity index (χ3n) is 7.83. The first kappa shape index (κ1) is 34.9. The van der Waals surface area contributed by atoms with Crippen LogP contribution in [0.25, 0.3) is 22.4 Å². The molecule has 10 nitrogen and oxygen atoms in total. The molecule has 0 atom stereocenters. The topological polar surface area (TPSA) is 121 Å². The number of pyridine rings is 1. The van der Waals surface area contributed by atoms with Crippen LogP contribution in [-0.4, -0.2) is 57.8 Å². The molecular formula is C33H32Cl2F3N7O3. The molecule has 2 aromatic carbocycles. The van der Waals surface area contributed by atoms with Crippen LogP contribution in [-0.2, 0) is 12.7 Å². The van der Waals surface area contributed by atoms with Crippen LogP contribution in [0.15, 0.2) is 65.7 Å². The van der Waals surface area contributed by atoms with Crippen molar-refractivity contribution in [1.29, 1.82) is 0 Å². The summed E-state index contributed by atoms with van der Waals surface area (Å²) in [5.74, 6) is -0.740. The quantitative estimate of drug-likeness (QED) is 0.170. The van der Waals surface area contributed by atoms with Crippen LogP contribution in [0.5, 0.6) is 0 Å². The minimum absolute atomic E-state index is 0.0134. The number of benzene rings is 2. The highest BCUT2D eigenvalue weighted by atomic mass is 35.5. The number of urea groups is 1. The van der Waals surface area contributed by atoms with E-state index in [1.807, 2.05) is 0 Å². The number of aryl methyl sites for hydroxylation is 1. The molecule has 3 N–H and O–H groups in total. The Morgan fingerprint density at radius 1 is 0.958 bits per heavy atom. The minimum Gasteiger partial charge on any atom is -0.351 e. The largest absolute Gasteiger partial charge is 0.416 e. The zero-order valence-corrected chi connectivity index (χ0v) is 27.3. The standard InChI is InChI=1S/C33H32Cl2F3N7O3/c1-2-45-31(47)27(41-32(48)42-29-24(34)18-39-19-25(29)35)17-26(43-45)28-22(20-9-5-3-6-10-20)15-21(33(36,37)38)16-23(28)30(46)40-11-14-44-12-7-4-8-13-44/h3,5-6,9-10,15-19H,2,4,7-8,11-14H2,1H3,(H,40,46)(H2,39,41,42,48). The molecule has 252 valence electrons. The molecule has 48 heavy (non-hydrogen) atoms. The molecule has 0 radical (unpaired) electrons. The number of nitrogens with one attached hydrogen (secondary N) is 3. The predicted octanol–water partition coefficient (Wildman–Crippen LogP) is 7.18. The fraction of sp³-hybridized carbons (Fsp3) is 0.303. The Bertz CT molecular complexity index is 1840. The molecule has 0 aliphatic carbocycles. The van der Waals surface area contributed by atoms with Gasteiger partial charge in [-0.1, -0.05) is 60.0 Å². The van der Waals surface area contributed by atoms with Crippen LogP contribution in [0.4, 0.5) is 29.3 Å². The fourth-order valence-corrected chi connectivity index (χ4v) is 5.94. The van der Waals surface area contributed by atoms with E-state index < -0.39 is 29.2 Å². The number of amides is 3. The first-order chi connectivity index (χ1) is 23.0. The van der Waals surface area contributed by atoms with Crippen LogP contribution in [0.3, 0.4) is 0 Å². The highest BCUT2D eigenvalue weighted by molar-refractivity contribution is 6.39. The van der Waals surface area contributed by atoms with E-state index in [0.717, 1.165) is 49.2 Å². The number of likely N-dealkylation sites (tertiary alicyclic amines) is 1. The lowest BCUT2D eigenvalue weighted by atomic mass is 9.90. The number of alkyl halides is 3. The van der Waals surface area contributed by atoms with Crippen LogP contribution in [0.2, 0.25) is 10.0 Å². The highest BCUT2D eigenvalue weighted by Crippen LogP contribution is 2.40. The molecule has 3 amide bonds. The van der Waals surface area contributed by atoms with Gasteiger partial charge in [0.15, 0.2) is 0 Å². The zero-order valence-electron chi connectivity index (χ0n) is 25.8. The average molecular weight is 703 g/mol. The number of piperidine rings is 1. The van der Waals surface area contributed by atoms with Gasteiger partial charge < -0.3 is 20.9 Å². The van der Waals surface area contributed by atoms with E-state index in [0.29, 0.717) is 12.1 Å². The summed E-state index contributed by atoms with van der Waals surface area (Å²) in [5.41, 5.74) is -1.73. The van der Waals surface area contributed by atoms with Crippen molar-refractivity contribution in [3.05, 3.63) is 92.5 Å². The summed E-state index contributed by atoms with van der Waals surface area (Å²) in [4.78, 5) is 46.2. The molecule has 1 fully saturated rings. The van der Waals surface area contributed by atoms with Gasteiger partial charge in [0.1, 0.15) is 5.69 Å². The lowest BCUT2D eigenvalue weighted by molar-refractivity contribution is -0.137. The summed E-state index contributed by atoms with van der Waals surface area (Å²) in [6, 6.07) is 10.3. The van der Waals surface area contributed by atoms with Gasteiger partial charge in [0.25, 0.3) is 11.5 Å². The smallest absolute Gasteiger partial charge is 0.351 e. The second kappa shape index (κ2) is 15.2. The van der Waals surface area contributed by atoms with Crippen molar-refractivity contribution in [3.63, 3.8) is 0 Å². The average Bonchev–Trinajstić information content (AvgIpc) is 3.07.